The van der Waals surface area contributed by atoms with E-state index in [2.05, 4.69) is 11.1 Å². The summed E-state index contributed by atoms with van der Waals surface area (Å²) in [5.74, 6) is 1.20. The highest BCUT2D eigenvalue weighted by molar-refractivity contribution is 5.47. The molecule has 2 aromatic rings. The second kappa shape index (κ2) is 4.97. The lowest BCUT2D eigenvalue weighted by Crippen LogP contribution is -1.98. The van der Waals surface area contributed by atoms with E-state index in [1.165, 1.54) is 5.56 Å². The van der Waals surface area contributed by atoms with Crippen molar-refractivity contribution in [3.8, 4) is 17.7 Å². The zero-order valence-electron chi connectivity index (χ0n) is 11.7. The molecule has 3 nitrogen and oxygen atoms in total. The van der Waals surface area contributed by atoms with Crippen LogP contribution in [0, 0.1) is 25.2 Å². The molecule has 1 aliphatic rings. The van der Waals surface area contributed by atoms with Crippen LogP contribution in [0.1, 0.15) is 34.4 Å². The van der Waals surface area contributed by atoms with Gasteiger partial charge in [-0.3, -0.25) is 0 Å². The smallest absolute Gasteiger partial charge is 0.237 e. The molecule has 20 heavy (non-hydrogen) atoms. The first-order valence-corrected chi connectivity index (χ1v) is 6.85. The largest absolute Gasteiger partial charge is 0.437 e. The normalized spacial score (nSPS) is 12.8. The van der Waals surface area contributed by atoms with Crippen LogP contribution >= 0.6 is 0 Å². The summed E-state index contributed by atoms with van der Waals surface area (Å²) >= 11 is 0. The van der Waals surface area contributed by atoms with Gasteiger partial charge in [0.1, 0.15) is 17.4 Å². The van der Waals surface area contributed by atoms with Gasteiger partial charge in [-0.25, -0.2) is 4.98 Å². The number of aromatic nitrogens is 1. The summed E-state index contributed by atoms with van der Waals surface area (Å²) in [4.78, 5) is 4.55. The van der Waals surface area contributed by atoms with Gasteiger partial charge in [-0.1, -0.05) is 12.1 Å². The molecule has 0 N–H and O–H groups in total. The minimum atomic E-state index is 0.432. The van der Waals surface area contributed by atoms with E-state index in [1.807, 2.05) is 38.1 Å². The Hall–Kier alpha value is -2.34. The molecule has 0 atom stereocenters. The third-order valence-corrected chi connectivity index (χ3v) is 3.69. The van der Waals surface area contributed by atoms with Crippen LogP contribution < -0.4 is 4.74 Å². The van der Waals surface area contributed by atoms with Gasteiger partial charge in [0.2, 0.25) is 5.88 Å². The van der Waals surface area contributed by atoms with Crippen LogP contribution in [0.5, 0.6) is 11.6 Å². The zero-order chi connectivity index (χ0) is 14.1. The summed E-state index contributed by atoms with van der Waals surface area (Å²) in [6.45, 7) is 4.02. The molecule has 3 rings (SSSR count). The molecule has 1 aromatic carbocycles. The van der Waals surface area contributed by atoms with Crippen molar-refractivity contribution in [3.05, 3.63) is 52.2 Å². The Morgan fingerprint density at radius 1 is 1.20 bits per heavy atom. The second-order valence-corrected chi connectivity index (χ2v) is 5.28. The number of benzene rings is 1. The van der Waals surface area contributed by atoms with Crippen molar-refractivity contribution in [2.45, 2.75) is 33.1 Å². The second-order valence-electron chi connectivity index (χ2n) is 5.28. The van der Waals surface area contributed by atoms with E-state index in [0.717, 1.165) is 41.8 Å². The molecule has 1 heterocycles. The van der Waals surface area contributed by atoms with E-state index < -0.39 is 0 Å². The lowest BCUT2D eigenvalue weighted by molar-refractivity contribution is 0.455. The van der Waals surface area contributed by atoms with Gasteiger partial charge < -0.3 is 4.74 Å². The first-order chi connectivity index (χ1) is 9.67. The number of nitrogens with zero attached hydrogens (tertiary/aromatic N) is 2. The Morgan fingerprint density at radius 2 is 2.05 bits per heavy atom. The van der Waals surface area contributed by atoms with Crippen LogP contribution in [0.4, 0.5) is 0 Å². The van der Waals surface area contributed by atoms with E-state index in [-0.39, 0.29) is 0 Å². The molecule has 0 unspecified atom stereocenters. The molecule has 0 bridgehead atoms. The van der Waals surface area contributed by atoms with Gasteiger partial charge in [0, 0.05) is 5.69 Å². The van der Waals surface area contributed by atoms with Gasteiger partial charge >= 0.3 is 0 Å². The molecule has 3 heteroatoms. The number of ether oxygens (including phenoxy) is 1. The summed E-state index contributed by atoms with van der Waals surface area (Å²) in [6.07, 6.45) is 3.10. The van der Waals surface area contributed by atoms with Crippen molar-refractivity contribution in [2.24, 2.45) is 0 Å². The van der Waals surface area contributed by atoms with E-state index in [0.29, 0.717) is 11.4 Å². The summed E-state index contributed by atoms with van der Waals surface area (Å²) in [5.41, 5.74) is 4.96. The molecule has 1 aromatic heterocycles. The molecule has 1 aliphatic carbocycles. The van der Waals surface area contributed by atoms with Crippen molar-refractivity contribution in [1.29, 1.82) is 5.26 Å². The van der Waals surface area contributed by atoms with E-state index >= 15 is 0 Å². The third-order valence-electron chi connectivity index (χ3n) is 3.69. The first-order valence-electron chi connectivity index (χ1n) is 6.85. The zero-order valence-corrected chi connectivity index (χ0v) is 11.7. The predicted octanol–water partition coefficient (Wildman–Crippen LogP) is 3.85. The quantitative estimate of drug-likeness (QED) is 0.827. The van der Waals surface area contributed by atoms with Crippen LogP contribution in [0.3, 0.4) is 0 Å². The van der Waals surface area contributed by atoms with Crippen LogP contribution in [0.25, 0.3) is 0 Å². The lowest BCUT2D eigenvalue weighted by atomic mass is 10.1. The van der Waals surface area contributed by atoms with Crippen LogP contribution in [-0.4, -0.2) is 4.98 Å². The van der Waals surface area contributed by atoms with Crippen LogP contribution in [-0.2, 0) is 12.8 Å². The number of pyridine rings is 1. The molecule has 0 saturated heterocycles. The van der Waals surface area contributed by atoms with Crippen molar-refractivity contribution in [1.82, 2.24) is 4.98 Å². The van der Waals surface area contributed by atoms with Gasteiger partial charge in [0.05, 0.1) is 0 Å². The SMILES string of the molecule is Cc1ccc(C)c(Oc2nc3c(cc2C#N)CCC3)c1. The Balaban J connectivity index is 2.02. The van der Waals surface area contributed by atoms with Gasteiger partial charge in [-0.2, -0.15) is 5.26 Å². The highest BCUT2D eigenvalue weighted by Crippen LogP contribution is 2.31. The van der Waals surface area contributed by atoms with Crippen molar-refractivity contribution < 1.29 is 4.74 Å². The fraction of sp³-hybridized carbons (Fsp3) is 0.294. The predicted molar refractivity (Wildman–Crippen MR) is 77.0 cm³/mol. The fourth-order valence-electron chi connectivity index (χ4n) is 2.53. The molecule has 0 saturated carbocycles. The van der Waals surface area contributed by atoms with Gasteiger partial charge in [0.15, 0.2) is 0 Å². The third kappa shape index (κ3) is 2.25. The van der Waals surface area contributed by atoms with Crippen LogP contribution in [0.15, 0.2) is 24.3 Å². The molecule has 100 valence electrons. The van der Waals surface area contributed by atoms with Gasteiger partial charge in [-0.05, 0) is 61.9 Å². The highest BCUT2D eigenvalue weighted by atomic mass is 16.5. The van der Waals surface area contributed by atoms with Gasteiger partial charge in [0.25, 0.3) is 0 Å². The number of aryl methyl sites for hydroxylation is 4. The Kier molecular flexibility index (Phi) is 3.15. The van der Waals surface area contributed by atoms with E-state index in [4.69, 9.17) is 4.74 Å². The number of nitriles is 1. The number of hydrogen-bond donors (Lipinski definition) is 0. The number of hydrogen-bond acceptors (Lipinski definition) is 3. The Morgan fingerprint density at radius 3 is 2.85 bits per heavy atom. The number of rotatable bonds is 2. The maximum Gasteiger partial charge on any atom is 0.237 e. The standard InChI is InChI=1S/C17H16N2O/c1-11-6-7-12(2)16(8-11)20-17-14(10-18)9-13-4-3-5-15(13)19-17/h6-9H,3-5H2,1-2H3. The fourth-order valence-corrected chi connectivity index (χ4v) is 2.53. The molecule has 0 radical (unpaired) electrons. The van der Waals surface area contributed by atoms with Crippen molar-refractivity contribution in [3.63, 3.8) is 0 Å². The molecule has 0 fully saturated rings. The molecular weight excluding hydrogens is 248 g/mol. The number of fused-ring (bicyclic) bond motifs is 1. The Labute approximate surface area is 118 Å². The minimum absolute atomic E-state index is 0.432. The molecule has 0 amide bonds. The van der Waals surface area contributed by atoms with Crippen LogP contribution in [0.2, 0.25) is 0 Å². The van der Waals surface area contributed by atoms with Crippen molar-refractivity contribution >= 4 is 0 Å². The summed E-state index contributed by atoms with van der Waals surface area (Å²) in [6, 6.07) is 10.2. The highest BCUT2D eigenvalue weighted by Gasteiger charge is 2.18. The average molecular weight is 264 g/mol. The monoisotopic (exact) mass is 264 g/mol. The summed E-state index contributed by atoms with van der Waals surface area (Å²) < 4.78 is 5.90. The van der Waals surface area contributed by atoms with E-state index in [1.54, 1.807) is 0 Å². The first kappa shape index (κ1) is 12.7. The summed E-state index contributed by atoms with van der Waals surface area (Å²) in [5, 5.41) is 9.28. The maximum atomic E-state index is 9.28. The minimum Gasteiger partial charge on any atom is -0.437 e. The van der Waals surface area contributed by atoms with E-state index in [9.17, 15) is 5.26 Å². The average Bonchev–Trinajstić information content (AvgIpc) is 2.89. The van der Waals surface area contributed by atoms with Crippen molar-refractivity contribution in [2.75, 3.05) is 0 Å². The Bertz CT molecular complexity index is 714. The molecule has 0 aliphatic heterocycles. The topological polar surface area (TPSA) is 45.9 Å². The van der Waals surface area contributed by atoms with Gasteiger partial charge in [-0.15, -0.1) is 0 Å². The molecule has 0 spiro atoms. The lowest BCUT2D eigenvalue weighted by Gasteiger charge is -2.11. The summed E-state index contributed by atoms with van der Waals surface area (Å²) in [7, 11) is 0. The molecular formula is C17H16N2O. The maximum absolute atomic E-state index is 9.28.